The number of nitrogens with zero attached hydrogens (tertiary/aromatic N) is 1. The van der Waals surface area contributed by atoms with Crippen LogP contribution in [0.15, 0.2) is 0 Å². The van der Waals surface area contributed by atoms with Crippen molar-refractivity contribution in [3.8, 4) is 0 Å². The van der Waals surface area contributed by atoms with Crippen molar-refractivity contribution in [3.05, 3.63) is 0 Å². The van der Waals surface area contributed by atoms with Gasteiger partial charge in [0.15, 0.2) is 0 Å². The average Bonchev–Trinajstić information content (AvgIpc) is 1.95. The van der Waals surface area contributed by atoms with E-state index in [1.54, 1.807) is 0 Å². The van der Waals surface area contributed by atoms with Gasteiger partial charge >= 0.3 is 0 Å². The summed E-state index contributed by atoms with van der Waals surface area (Å²) in [5, 5.41) is 2.69. The van der Waals surface area contributed by atoms with E-state index in [0.29, 0.717) is 6.54 Å². The lowest BCUT2D eigenvalue weighted by Gasteiger charge is -2.08. The number of rotatable bonds is 7. The Kier molecular flexibility index (Phi) is 7.29. The van der Waals surface area contributed by atoms with Crippen molar-refractivity contribution in [2.45, 2.75) is 19.3 Å². The van der Waals surface area contributed by atoms with Gasteiger partial charge in [-0.15, -0.1) is 0 Å². The zero-order valence-corrected chi connectivity index (χ0v) is 7.82. The van der Waals surface area contributed by atoms with Gasteiger partial charge in [0.05, 0.1) is 6.54 Å². The predicted molar refractivity (Wildman–Crippen MR) is 46.7 cm³/mol. The maximum absolute atomic E-state index is 11.6. The normalized spacial score (nSPS) is 11.5. The van der Waals surface area contributed by atoms with Gasteiger partial charge in [-0.25, -0.2) is 8.78 Å². The van der Waals surface area contributed by atoms with Crippen LogP contribution in [-0.2, 0) is 0 Å². The molecule has 0 unspecified atom stereocenters. The summed E-state index contributed by atoms with van der Waals surface area (Å²) >= 11 is 0. The molecule has 0 aromatic heterocycles. The molecular formula is C8H18F2N2. The highest BCUT2D eigenvalue weighted by atomic mass is 19.3. The van der Waals surface area contributed by atoms with Gasteiger partial charge in [-0.2, -0.15) is 0 Å². The Hall–Kier alpha value is -0.220. The topological polar surface area (TPSA) is 15.3 Å². The molecule has 0 rings (SSSR count). The molecule has 0 heterocycles. The highest BCUT2D eigenvalue weighted by Crippen LogP contribution is 1.91. The van der Waals surface area contributed by atoms with Gasteiger partial charge in [0.1, 0.15) is 0 Å². The van der Waals surface area contributed by atoms with Crippen molar-refractivity contribution in [1.82, 2.24) is 10.2 Å². The van der Waals surface area contributed by atoms with Crippen molar-refractivity contribution in [2.75, 3.05) is 33.7 Å². The van der Waals surface area contributed by atoms with E-state index in [1.807, 2.05) is 14.1 Å². The van der Waals surface area contributed by atoms with Gasteiger partial charge < -0.3 is 10.2 Å². The van der Waals surface area contributed by atoms with E-state index in [-0.39, 0.29) is 6.54 Å². The van der Waals surface area contributed by atoms with Crippen LogP contribution >= 0.6 is 0 Å². The molecule has 0 aromatic rings. The fourth-order valence-corrected chi connectivity index (χ4v) is 0.889. The van der Waals surface area contributed by atoms with Gasteiger partial charge in [-0.1, -0.05) is 0 Å². The molecule has 0 radical (unpaired) electrons. The maximum atomic E-state index is 11.6. The SMILES string of the molecule is CN(C)CCCCNCC(F)F. The molecule has 12 heavy (non-hydrogen) atoms. The van der Waals surface area contributed by atoms with E-state index in [1.165, 1.54) is 0 Å². The Morgan fingerprint density at radius 1 is 1.25 bits per heavy atom. The molecule has 0 atom stereocenters. The number of unbranched alkanes of at least 4 members (excludes halogenated alkanes) is 1. The van der Waals surface area contributed by atoms with E-state index in [2.05, 4.69) is 10.2 Å². The second-order valence-electron chi connectivity index (χ2n) is 3.11. The lowest BCUT2D eigenvalue weighted by Crippen LogP contribution is -2.23. The molecule has 2 nitrogen and oxygen atoms in total. The van der Waals surface area contributed by atoms with E-state index in [0.717, 1.165) is 19.4 Å². The third-order valence-electron chi connectivity index (χ3n) is 1.51. The molecule has 0 aliphatic carbocycles. The minimum Gasteiger partial charge on any atom is -0.311 e. The van der Waals surface area contributed by atoms with E-state index < -0.39 is 6.43 Å². The number of hydrogen-bond donors (Lipinski definition) is 1. The van der Waals surface area contributed by atoms with Crippen molar-refractivity contribution < 1.29 is 8.78 Å². The molecule has 0 saturated carbocycles. The fraction of sp³-hybridized carbons (Fsp3) is 1.00. The molecule has 0 bridgehead atoms. The Balaban J connectivity index is 2.91. The summed E-state index contributed by atoms with van der Waals surface area (Å²) < 4.78 is 23.2. The summed E-state index contributed by atoms with van der Waals surface area (Å²) in [4.78, 5) is 2.09. The molecular weight excluding hydrogens is 162 g/mol. The zero-order valence-electron chi connectivity index (χ0n) is 7.82. The second-order valence-corrected chi connectivity index (χ2v) is 3.11. The Bertz CT molecular complexity index is 85.1. The van der Waals surface area contributed by atoms with E-state index in [4.69, 9.17) is 0 Å². The Morgan fingerprint density at radius 3 is 2.42 bits per heavy atom. The van der Waals surface area contributed by atoms with Crippen molar-refractivity contribution in [3.63, 3.8) is 0 Å². The lowest BCUT2D eigenvalue weighted by atomic mass is 10.3. The molecule has 0 amide bonds. The monoisotopic (exact) mass is 180 g/mol. The van der Waals surface area contributed by atoms with Crippen LogP contribution < -0.4 is 5.32 Å². The molecule has 0 spiro atoms. The predicted octanol–water partition coefficient (Wildman–Crippen LogP) is 1.18. The van der Waals surface area contributed by atoms with Crippen molar-refractivity contribution in [1.29, 1.82) is 0 Å². The van der Waals surface area contributed by atoms with Crippen molar-refractivity contribution in [2.24, 2.45) is 0 Å². The molecule has 0 saturated heterocycles. The molecule has 0 aliphatic rings. The standard InChI is InChI=1S/C8H18F2N2/c1-12(2)6-4-3-5-11-7-8(9)10/h8,11H,3-7H2,1-2H3. The summed E-state index contributed by atoms with van der Waals surface area (Å²) in [5.74, 6) is 0. The lowest BCUT2D eigenvalue weighted by molar-refractivity contribution is 0.146. The first-order valence-electron chi connectivity index (χ1n) is 4.26. The summed E-state index contributed by atoms with van der Waals surface area (Å²) in [5.41, 5.74) is 0. The molecule has 74 valence electrons. The molecule has 0 aromatic carbocycles. The van der Waals surface area contributed by atoms with Crippen LogP contribution in [-0.4, -0.2) is 45.1 Å². The quantitative estimate of drug-likeness (QED) is 0.592. The minimum atomic E-state index is -2.22. The Labute approximate surface area is 72.9 Å². The third-order valence-corrected chi connectivity index (χ3v) is 1.51. The number of halogens is 2. The highest BCUT2D eigenvalue weighted by Gasteiger charge is 1.99. The maximum Gasteiger partial charge on any atom is 0.250 e. The van der Waals surface area contributed by atoms with Gasteiger partial charge in [-0.3, -0.25) is 0 Å². The number of nitrogens with one attached hydrogen (secondary N) is 1. The molecule has 1 N–H and O–H groups in total. The third kappa shape index (κ3) is 9.78. The van der Waals surface area contributed by atoms with Crippen LogP contribution in [0, 0.1) is 0 Å². The van der Waals surface area contributed by atoms with E-state index >= 15 is 0 Å². The highest BCUT2D eigenvalue weighted by molar-refractivity contribution is 4.51. The van der Waals surface area contributed by atoms with Crippen molar-refractivity contribution >= 4 is 0 Å². The zero-order chi connectivity index (χ0) is 9.40. The first kappa shape index (κ1) is 11.8. The van der Waals surface area contributed by atoms with E-state index in [9.17, 15) is 8.78 Å². The summed E-state index contributed by atoms with van der Waals surface area (Å²) in [6.45, 7) is 1.54. The smallest absolute Gasteiger partial charge is 0.250 e. The molecule has 4 heteroatoms. The Morgan fingerprint density at radius 2 is 1.92 bits per heavy atom. The average molecular weight is 180 g/mol. The summed E-state index contributed by atoms with van der Waals surface area (Å²) in [7, 11) is 4.01. The first-order chi connectivity index (χ1) is 5.63. The van der Waals surface area contributed by atoms with Gasteiger partial charge in [-0.05, 0) is 40.0 Å². The van der Waals surface area contributed by atoms with Gasteiger partial charge in [0.2, 0.25) is 0 Å². The van der Waals surface area contributed by atoms with Crippen LogP contribution in [0.3, 0.4) is 0 Å². The van der Waals surface area contributed by atoms with Crippen LogP contribution in [0.2, 0.25) is 0 Å². The number of alkyl halides is 2. The van der Waals surface area contributed by atoms with Crippen LogP contribution in [0.5, 0.6) is 0 Å². The largest absolute Gasteiger partial charge is 0.311 e. The first-order valence-corrected chi connectivity index (χ1v) is 4.26. The molecule has 0 aliphatic heterocycles. The van der Waals surface area contributed by atoms with Crippen LogP contribution in [0.25, 0.3) is 0 Å². The van der Waals surface area contributed by atoms with Gasteiger partial charge in [0, 0.05) is 0 Å². The fourth-order valence-electron chi connectivity index (χ4n) is 0.889. The number of hydrogen-bond acceptors (Lipinski definition) is 2. The molecule has 0 fully saturated rings. The second kappa shape index (κ2) is 7.43. The summed E-state index contributed by atoms with van der Waals surface area (Å²) in [6, 6.07) is 0. The van der Waals surface area contributed by atoms with Crippen LogP contribution in [0.1, 0.15) is 12.8 Å². The van der Waals surface area contributed by atoms with Gasteiger partial charge in [0.25, 0.3) is 6.43 Å². The summed E-state index contributed by atoms with van der Waals surface area (Å²) in [6.07, 6.45) is -0.201. The minimum absolute atomic E-state index is 0.179. The van der Waals surface area contributed by atoms with Crippen LogP contribution in [0.4, 0.5) is 8.78 Å².